The number of thioether (sulfide) groups is 1. The van der Waals surface area contributed by atoms with E-state index < -0.39 is 0 Å². The average Bonchev–Trinajstić information content (AvgIpc) is 2.74. The van der Waals surface area contributed by atoms with Gasteiger partial charge in [0.25, 0.3) is 0 Å². The third-order valence-corrected chi connectivity index (χ3v) is 4.87. The van der Waals surface area contributed by atoms with E-state index in [9.17, 15) is 4.39 Å². The fourth-order valence-electron chi connectivity index (χ4n) is 1.54. The lowest BCUT2D eigenvalue weighted by Crippen LogP contribution is -2.25. The predicted molar refractivity (Wildman–Crippen MR) is 78.1 cm³/mol. The van der Waals surface area contributed by atoms with Crippen molar-refractivity contribution >= 4 is 34.7 Å². The van der Waals surface area contributed by atoms with E-state index >= 15 is 0 Å². The van der Waals surface area contributed by atoms with Gasteiger partial charge in [0, 0.05) is 21.6 Å². The van der Waals surface area contributed by atoms with Crippen LogP contribution in [0, 0.1) is 5.82 Å². The van der Waals surface area contributed by atoms with E-state index in [2.05, 4.69) is 0 Å². The second-order valence-corrected chi connectivity index (χ2v) is 6.77. The second kappa shape index (κ2) is 6.57. The van der Waals surface area contributed by atoms with Crippen molar-refractivity contribution in [1.82, 2.24) is 0 Å². The topological polar surface area (TPSA) is 26.0 Å². The van der Waals surface area contributed by atoms with Crippen molar-refractivity contribution in [3.05, 3.63) is 51.4 Å². The molecule has 0 amide bonds. The van der Waals surface area contributed by atoms with Crippen LogP contribution in [0.5, 0.6) is 0 Å². The van der Waals surface area contributed by atoms with Crippen molar-refractivity contribution in [3.63, 3.8) is 0 Å². The summed E-state index contributed by atoms with van der Waals surface area (Å²) >= 11 is 8.86. The highest BCUT2D eigenvalue weighted by molar-refractivity contribution is 7.99. The van der Waals surface area contributed by atoms with Crippen LogP contribution >= 0.6 is 34.7 Å². The van der Waals surface area contributed by atoms with Gasteiger partial charge in [-0.25, -0.2) is 4.39 Å². The number of rotatable bonds is 5. The Balaban J connectivity index is 1.85. The van der Waals surface area contributed by atoms with Gasteiger partial charge in [-0.1, -0.05) is 23.7 Å². The van der Waals surface area contributed by atoms with Crippen molar-refractivity contribution in [1.29, 1.82) is 0 Å². The fraction of sp³-hybridized carbons (Fsp3) is 0.231. The van der Waals surface area contributed by atoms with Crippen LogP contribution in [0.15, 0.2) is 41.3 Å². The first kappa shape index (κ1) is 13.9. The van der Waals surface area contributed by atoms with Crippen LogP contribution in [0.1, 0.15) is 4.88 Å². The largest absolute Gasteiger partial charge is 0.327 e. The molecule has 0 saturated carbocycles. The molecule has 0 aliphatic rings. The van der Waals surface area contributed by atoms with Crippen LogP contribution in [0.2, 0.25) is 4.34 Å². The molecule has 0 bridgehead atoms. The number of nitrogens with two attached hydrogens (primary N) is 1. The first-order valence-electron chi connectivity index (χ1n) is 5.52. The molecule has 1 heterocycles. The average molecular weight is 302 g/mol. The summed E-state index contributed by atoms with van der Waals surface area (Å²) in [7, 11) is 0. The summed E-state index contributed by atoms with van der Waals surface area (Å²) in [6, 6.07) is 10.6. The first-order chi connectivity index (χ1) is 8.65. The van der Waals surface area contributed by atoms with Crippen molar-refractivity contribution < 1.29 is 4.39 Å². The van der Waals surface area contributed by atoms with E-state index in [1.807, 2.05) is 18.2 Å². The van der Waals surface area contributed by atoms with Gasteiger partial charge in [0.2, 0.25) is 0 Å². The molecule has 0 aliphatic carbocycles. The molecule has 2 rings (SSSR count). The smallest absolute Gasteiger partial charge is 0.136 e. The number of halogens is 2. The van der Waals surface area contributed by atoms with E-state index in [-0.39, 0.29) is 11.9 Å². The Morgan fingerprint density at radius 2 is 2.06 bits per heavy atom. The zero-order valence-corrected chi connectivity index (χ0v) is 12.0. The summed E-state index contributed by atoms with van der Waals surface area (Å²) in [6.07, 6.45) is 0.777. The quantitative estimate of drug-likeness (QED) is 0.838. The molecule has 1 aromatic carbocycles. The monoisotopic (exact) mass is 301 g/mol. The van der Waals surface area contributed by atoms with Crippen LogP contribution in [0.4, 0.5) is 4.39 Å². The molecule has 2 aromatic rings. The van der Waals surface area contributed by atoms with Crippen LogP contribution < -0.4 is 5.73 Å². The standard InChI is InChI=1S/C13H13ClFNS2/c14-13-6-5-10(18-13)7-9(16)8-17-12-4-2-1-3-11(12)15/h1-6,9H,7-8,16H2. The molecule has 0 saturated heterocycles. The third-order valence-electron chi connectivity index (χ3n) is 2.38. The van der Waals surface area contributed by atoms with Crippen molar-refractivity contribution in [3.8, 4) is 0 Å². The number of hydrogen-bond acceptors (Lipinski definition) is 3. The maximum absolute atomic E-state index is 13.4. The summed E-state index contributed by atoms with van der Waals surface area (Å²) < 4.78 is 14.2. The minimum atomic E-state index is -0.186. The summed E-state index contributed by atoms with van der Waals surface area (Å²) in [6.45, 7) is 0. The summed E-state index contributed by atoms with van der Waals surface area (Å²) in [5.74, 6) is 0.505. The van der Waals surface area contributed by atoms with Crippen molar-refractivity contribution in [2.75, 3.05) is 5.75 Å². The molecule has 1 atom stereocenters. The highest BCUT2D eigenvalue weighted by Crippen LogP contribution is 2.25. The van der Waals surface area contributed by atoms with Crippen LogP contribution in [0.25, 0.3) is 0 Å². The lowest BCUT2D eigenvalue weighted by molar-refractivity contribution is 0.601. The van der Waals surface area contributed by atoms with E-state index in [4.69, 9.17) is 17.3 Å². The molecule has 96 valence electrons. The van der Waals surface area contributed by atoms with Gasteiger partial charge in [0.05, 0.1) is 4.34 Å². The number of hydrogen-bond donors (Lipinski definition) is 1. The molecule has 0 aliphatic heterocycles. The molecule has 1 aromatic heterocycles. The molecular formula is C13H13ClFNS2. The fourth-order valence-corrected chi connectivity index (χ4v) is 3.61. The maximum Gasteiger partial charge on any atom is 0.136 e. The highest BCUT2D eigenvalue weighted by Gasteiger charge is 2.09. The molecule has 0 radical (unpaired) electrons. The van der Waals surface area contributed by atoms with Crippen molar-refractivity contribution in [2.45, 2.75) is 17.4 Å². The van der Waals surface area contributed by atoms with E-state index in [0.29, 0.717) is 10.6 Å². The van der Waals surface area contributed by atoms with Gasteiger partial charge >= 0.3 is 0 Å². The summed E-state index contributed by atoms with van der Waals surface area (Å²) in [5, 5.41) is 0. The van der Waals surface area contributed by atoms with Gasteiger partial charge in [-0.15, -0.1) is 23.1 Å². The molecule has 1 unspecified atom stereocenters. The Bertz CT molecular complexity index is 515. The minimum absolute atomic E-state index is 0.00400. The molecule has 5 heteroatoms. The van der Waals surface area contributed by atoms with Gasteiger partial charge in [-0.3, -0.25) is 0 Å². The molecular weight excluding hydrogens is 289 g/mol. The predicted octanol–water partition coefficient (Wildman–Crippen LogP) is 4.20. The Morgan fingerprint density at radius 3 is 2.72 bits per heavy atom. The third kappa shape index (κ3) is 3.99. The Labute approximate surface area is 119 Å². The first-order valence-corrected chi connectivity index (χ1v) is 7.70. The molecule has 0 fully saturated rings. The molecule has 0 spiro atoms. The van der Waals surface area contributed by atoms with Gasteiger partial charge < -0.3 is 5.73 Å². The van der Waals surface area contributed by atoms with Crippen LogP contribution in [-0.2, 0) is 6.42 Å². The van der Waals surface area contributed by atoms with E-state index in [1.165, 1.54) is 22.7 Å². The SMILES string of the molecule is NC(CSc1ccccc1F)Cc1ccc(Cl)s1. The molecule has 2 N–H and O–H groups in total. The summed E-state index contributed by atoms with van der Waals surface area (Å²) in [5.41, 5.74) is 6.03. The zero-order chi connectivity index (χ0) is 13.0. The molecule has 18 heavy (non-hydrogen) atoms. The van der Waals surface area contributed by atoms with E-state index in [1.54, 1.807) is 23.5 Å². The number of benzene rings is 1. The maximum atomic E-state index is 13.4. The Morgan fingerprint density at radius 1 is 1.28 bits per heavy atom. The van der Waals surface area contributed by atoms with E-state index in [0.717, 1.165) is 10.8 Å². The zero-order valence-electron chi connectivity index (χ0n) is 9.61. The lowest BCUT2D eigenvalue weighted by Gasteiger charge is -2.10. The van der Waals surface area contributed by atoms with Gasteiger partial charge in [0.15, 0.2) is 0 Å². The van der Waals surface area contributed by atoms with Gasteiger partial charge in [0.1, 0.15) is 5.82 Å². The Hall–Kier alpha value is -0.550. The highest BCUT2D eigenvalue weighted by atomic mass is 35.5. The minimum Gasteiger partial charge on any atom is -0.327 e. The lowest BCUT2D eigenvalue weighted by atomic mass is 10.2. The Kier molecular flexibility index (Phi) is 5.06. The van der Waals surface area contributed by atoms with Gasteiger partial charge in [-0.2, -0.15) is 0 Å². The van der Waals surface area contributed by atoms with Crippen LogP contribution in [0.3, 0.4) is 0 Å². The molecule has 1 nitrogen and oxygen atoms in total. The van der Waals surface area contributed by atoms with Gasteiger partial charge in [-0.05, 0) is 30.7 Å². The number of thiophene rings is 1. The summed E-state index contributed by atoms with van der Waals surface area (Å²) in [4.78, 5) is 1.82. The van der Waals surface area contributed by atoms with Crippen LogP contribution in [-0.4, -0.2) is 11.8 Å². The second-order valence-electron chi connectivity index (χ2n) is 3.91. The van der Waals surface area contributed by atoms with Crippen molar-refractivity contribution in [2.24, 2.45) is 5.73 Å². The normalized spacial score (nSPS) is 12.6.